The Balaban J connectivity index is 1.84. The number of carbonyl (C=O) groups excluding carboxylic acids is 1. The first-order valence-electron chi connectivity index (χ1n) is 6.97. The van der Waals surface area contributed by atoms with Gasteiger partial charge in [-0.25, -0.2) is 0 Å². The molecule has 0 atom stereocenters. The fourth-order valence-corrected chi connectivity index (χ4v) is 2.57. The lowest BCUT2D eigenvalue weighted by Gasteiger charge is -2.24. The van der Waals surface area contributed by atoms with Crippen LogP contribution in [0.3, 0.4) is 0 Å². The Morgan fingerprint density at radius 3 is 2.24 bits per heavy atom. The van der Waals surface area contributed by atoms with Crippen LogP contribution in [-0.4, -0.2) is 25.0 Å². The van der Waals surface area contributed by atoms with Gasteiger partial charge in [-0.15, -0.1) is 0 Å². The van der Waals surface area contributed by atoms with Crippen molar-refractivity contribution in [2.75, 3.05) is 13.1 Å². The van der Waals surface area contributed by atoms with Gasteiger partial charge in [0.15, 0.2) is 0 Å². The number of hydrogen-bond donors (Lipinski definition) is 2. The molecule has 0 aromatic heterocycles. The number of rotatable bonds is 2. The molecule has 2 aliphatic rings. The minimum atomic E-state index is 0.159. The summed E-state index contributed by atoms with van der Waals surface area (Å²) in [7, 11) is 0. The molecule has 0 bridgehead atoms. The van der Waals surface area contributed by atoms with Crippen LogP contribution in [0.2, 0.25) is 0 Å². The van der Waals surface area contributed by atoms with Crippen LogP contribution in [-0.2, 0) is 4.79 Å². The third-order valence-electron chi connectivity index (χ3n) is 3.99. The van der Waals surface area contributed by atoms with Crippen LogP contribution >= 0.6 is 0 Å². The van der Waals surface area contributed by atoms with Crippen LogP contribution in [0.25, 0.3) is 0 Å². The summed E-state index contributed by atoms with van der Waals surface area (Å²) in [4.78, 5) is 12.0. The van der Waals surface area contributed by atoms with Crippen molar-refractivity contribution in [3.8, 4) is 0 Å². The number of hydrogen-bond acceptors (Lipinski definition) is 2. The number of carbonyl (C=O) groups is 1. The lowest BCUT2D eigenvalue weighted by atomic mass is 9.96. The van der Waals surface area contributed by atoms with Crippen molar-refractivity contribution >= 4 is 5.91 Å². The van der Waals surface area contributed by atoms with E-state index in [0.29, 0.717) is 6.04 Å². The Hall–Kier alpha value is -0.830. The van der Waals surface area contributed by atoms with Crippen molar-refractivity contribution in [2.24, 2.45) is 0 Å². The quantitative estimate of drug-likeness (QED) is 0.721. The molecule has 1 saturated heterocycles. The summed E-state index contributed by atoms with van der Waals surface area (Å²) in [5.41, 5.74) is 2.21. The molecule has 1 aliphatic heterocycles. The zero-order valence-corrected chi connectivity index (χ0v) is 10.8. The highest BCUT2D eigenvalue weighted by atomic mass is 16.1. The van der Waals surface area contributed by atoms with Crippen LogP contribution in [0.1, 0.15) is 51.9 Å². The number of nitrogens with one attached hydrogen (secondary N) is 2. The first kappa shape index (κ1) is 12.6. The topological polar surface area (TPSA) is 41.1 Å². The van der Waals surface area contributed by atoms with E-state index in [4.69, 9.17) is 0 Å². The third kappa shape index (κ3) is 3.56. The minimum Gasteiger partial charge on any atom is -0.350 e. The molecule has 1 aliphatic carbocycles. The van der Waals surface area contributed by atoms with E-state index in [1.807, 2.05) is 6.92 Å². The van der Waals surface area contributed by atoms with E-state index in [1.54, 1.807) is 0 Å². The minimum absolute atomic E-state index is 0.159. The fraction of sp³-hybridized carbons (Fsp3) is 0.786. The van der Waals surface area contributed by atoms with Gasteiger partial charge in [0.25, 0.3) is 0 Å². The maximum atomic E-state index is 12.0. The highest BCUT2D eigenvalue weighted by Crippen LogP contribution is 2.18. The second-order valence-electron chi connectivity index (χ2n) is 5.35. The molecule has 2 rings (SSSR count). The smallest absolute Gasteiger partial charge is 0.247 e. The van der Waals surface area contributed by atoms with Crippen molar-refractivity contribution in [1.82, 2.24) is 10.6 Å². The highest BCUT2D eigenvalue weighted by Gasteiger charge is 2.19. The van der Waals surface area contributed by atoms with Gasteiger partial charge in [-0.1, -0.05) is 32.1 Å². The molecule has 2 N–H and O–H groups in total. The molecule has 0 radical (unpaired) electrons. The van der Waals surface area contributed by atoms with Crippen LogP contribution in [0.15, 0.2) is 11.1 Å². The van der Waals surface area contributed by atoms with E-state index >= 15 is 0 Å². The Kier molecular flexibility index (Phi) is 4.60. The predicted molar refractivity (Wildman–Crippen MR) is 69.8 cm³/mol. The average Bonchev–Trinajstić information content (AvgIpc) is 2.19. The summed E-state index contributed by atoms with van der Waals surface area (Å²) in [5.74, 6) is 0.159. The molecule has 1 amide bonds. The monoisotopic (exact) mass is 236 g/mol. The molecule has 0 aromatic rings. The third-order valence-corrected chi connectivity index (χ3v) is 3.99. The van der Waals surface area contributed by atoms with Gasteiger partial charge in [0.05, 0.1) is 0 Å². The van der Waals surface area contributed by atoms with Crippen LogP contribution < -0.4 is 10.6 Å². The zero-order chi connectivity index (χ0) is 12.1. The Morgan fingerprint density at radius 2 is 1.71 bits per heavy atom. The molecule has 1 heterocycles. The van der Waals surface area contributed by atoms with Crippen molar-refractivity contribution in [3.63, 3.8) is 0 Å². The van der Waals surface area contributed by atoms with Crippen molar-refractivity contribution < 1.29 is 4.79 Å². The summed E-state index contributed by atoms with van der Waals surface area (Å²) in [5, 5.41) is 6.39. The predicted octanol–water partition coefficient (Wildman–Crippen LogP) is 2.14. The Bertz CT molecular complexity index is 295. The second-order valence-corrected chi connectivity index (χ2v) is 5.35. The van der Waals surface area contributed by atoms with Crippen LogP contribution in [0.5, 0.6) is 0 Å². The molecule has 3 heteroatoms. The largest absolute Gasteiger partial charge is 0.350 e. The lowest BCUT2D eigenvalue weighted by molar-refractivity contribution is -0.118. The van der Waals surface area contributed by atoms with Gasteiger partial charge in [0.2, 0.25) is 5.91 Å². The van der Waals surface area contributed by atoms with Gasteiger partial charge in [-0.3, -0.25) is 4.79 Å². The van der Waals surface area contributed by atoms with E-state index in [-0.39, 0.29) is 5.91 Å². The van der Waals surface area contributed by atoms with E-state index in [0.717, 1.165) is 31.5 Å². The van der Waals surface area contributed by atoms with Gasteiger partial charge in [-0.05, 0) is 25.3 Å². The van der Waals surface area contributed by atoms with Gasteiger partial charge >= 0.3 is 0 Å². The zero-order valence-electron chi connectivity index (χ0n) is 10.8. The maximum Gasteiger partial charge on any atom is 0.247 e. The van der Waals surface area contributed by atoms with E-state index in [2.05, 4.69) is 10.6 Å². The van der Waals surface area contributed by atoms with Crippen LogP contribution in [0.4, 0.5) is 0 Å². The molecule has 3 nitrogen and oxygen atoms in total. The molecule has 2 fully saturated rings. The molecule has 96 valence electrons. The van der Waals surface area contributed by atoms with Gasteiger partial charge < -0.3 is 10.6 Å². The Labute approximate surface area is 104 Å². The molecular formula is C14H24N2O. The molecular weight excluding hydrogens is 212 g/mol. The highest BCUT2D eigenvalue weighted by molar-refractivity contribution is 5.94. The summed E-state index contributed by atoms with van der Waals surface area (Å²) in [6.07, 6.45) is 8.88. The van der Waals surface area contributed by atoms with Gasteiger partial charge in [0.1, 0.15) is 0 Å². The lowest BCUT2D eigenvalue weighted by Crippen LogP contribution is -2.40. The summed E-state index contributed by atoms with van der Waals surface area (Å²) in [6, 6.07) is 0.409. The summed E-state index contributed by atoms with van der Waals surface area (Å²) >= 11 is 0. The second kappa shape index (κ2) is 6.20. The normalized spacial score (nSPS) is 22.3. The van der Waals surface area contributed by atoms with E-state index < -0.39 is 0 Å². The molecule has 17 heavy (non-hydrogen) atoms. The molecule has 0 unspecified atom stereocenters. The fourth-order valence-electron chi connectivity index (χ4n) is 2.57. The molecule has 1 saturated carbocycles. The average molecular weight is 236 g/mol. The molecule has 0 spiro atoms. The van der Waals surface area contributed by atoms with Gasteiger partial charge in [0, 0.05) is 24.7 Å². The van der Waals surface area contributed by atoms with Crippen molar-refractivity contribution in [3.05, 3.63) is 11.1 Å². The SMILES string of the molecule is CC(C(=O)NC1CCCCCCC1)=C1CNC1. The first-order chi connectivity index (χ1) is 8.27. The van der Waals surface area contributed by atoms with Crippen molar-refractivity contribution in [2.45, 2.75) is 57.9 Å². The summed E-state index contributed by atoms with van der Waals surface area (Å²) < 4.78 is 0. The maximum absolute atomic E-state index is 12.0. The van der Waals surface area contributed by atoms with E-state index in [9.17, 15) is 4.79 Å². The molecule has 0 aromatic carbocycles. The Morgan fingerprint density at radius 1 is 1.12 bits per heavy atom. The standard InChI is InChI=1S/C14H24N2O/c1-11(12-9-15-10-12)14(17)16-13-7-5-3-2-4-6-8-13/h13,15H,2-10H2,1H3,(H,16,17). The van der Waals surface area contributed by atoms with E-state index in [1.165, 1.54) is 37.7 Å². The first-order valence-corrected chi connectivity index (χ1v) is 6.97. The number of amides is 1. The van der Waals surface area contributed by atoms with Gasteiger partial charge in [-0.2, -0.15) is 0 Å². The van der Waals surface area contributed by atoms with Crippen molar-refractivity contribution in [1.29, 1.82) is 0 Å². The van der Waals surface area contributed by atoms with Crippen LogP contribution in [0, 0.1) is 0 Å². The summed E-state index contributed by atoms with van der Waals surface area (Å²) in [6.45, 7) is 3.74.